The second kappa shape index (κ2) is 9.43. The molecule has 4 aromatic rings. The molecule has 0 bridgehead atoms. The van der Waals surface area contributed by atoms with E-state index in [0.29, 0.717) is 34.2 Å². The summed E-state index contributed by atoms with van der Waals surface area (Å²) in [7, 11) is -1.16. The van der Waals surface area contributed by atoms with Crippen LogP contribution in [-0.2, 0) is 11.5 Å². The fourth-order valence-electron chi connectivity index (χ4n) is 5.18. The van der Waals surface area contributed by atoms with Gasteiger partial charge in [0.05, 0.1) is 29.4 Å². The highest BCUT2D eigenvalue weighted by atomic mass is 79.9. The first kappa shape index (κ1) is 25.5. The van der Waals surface area contributed by atoms with Crippen molar-refractivity contribution in [1.29, 1.82) is 0 Å². The van der Waals surface area contributed by atoms with Gasteiger partial charge in [-0.2, -0.15) is 5.10 Å². The minimum atomic E-state index is -1.16. The van der Waals surface area contributed by atoms with Crippen molar-refractivity contribution in [2.45, 2.75) is 64.3 Å². The SMILES string of the molecule is Cc1c2c(nn1C1CC1)C(=O)N(c1ccc3c(c1)ncn3COCC[Si](C)(C)C)C2c1ccc(Br)cc1F. The fourth-order valence-corrected chi connectivity index (χ4v) is 6.27. The number of hydrogen-bond acceptors (Lipinski definition) is 4. The van der Waals surface area contributed by atoms with Crippen LogP contribution in [0.3, 0.4) is 0 Å². The van der Waals surface area contributed by atoms with E-state index in [2.05, 4.69) is 40.6 Å². The third kappa shape index (κ3) is 4.52. The number of rotatable bonds is 8. The van der Waals surface area contributed by atoms with Crippen LogP contribution in [0.5, 0.6) is 0 Å². The smallest absolute Gasteiger partial charge is 0.280 e. The van der Waals surface area contributed by atoms with E-state index in [1.54, 1.807) is 17.3 Å². The Morgan fingerprint density at radius 1 is 1.16 bits per heavy atom. The number of imidazole rings is 1. The van der Waals surface area contributed by atoms with Gasteiger partial charge in [0.25, 0.3) is 5.91 Å². The van der Waals surface area contributed by atoms with Gasteiger partial charge in [0.15, 0.2) is 5.69 Å². The second-order valence-corrected chi connectivity index (χ2v) is 18.0. The first-order valence-corrected chi connectivity index (χ1v) is 17.5. The summed E-state index contributed by atoms with van der Waals surface area (Å²) >= 11 is 3.36. The molecule has 2 aromatic heterocycles. The van der Waals surface area contributed by atoms with E-state index in [9.17, 15) is 4.79 Å². The lowest BCUT2D eigenvalue weighted by molar-refractivity contribution is 0.0898. The molecule has 38 heavy (non-hydrogen) atoms. The molecule has 0 spiro atoms. The highest BCUT2D eigenvalue weighted by molar-refractivity contribution is 9.10. The summed E-state index contributed by atoms with van der Waals surface area (Å²) in [5, 5.41) is 4.72. The van der Waals surface area contributed by atoms with Crippen LogP contribution in [-0.4, -0.2) is 39.9 Å². The predicted octanol–water partition coefficient (Wildman–Crippen LogP) is 6.84. The number of ether oxygens (including phenoxy) is 1. The van der Waals surface area contributed by atoms with Crippen LogP contribution >= 0.6 is 15.9 Å². The lowest BCUT2D eigenvalue weighted by Crippen LogP contribution is -2.30. The van der Waals surface area contributed by atoms with E-state index in [4.69, 9.17) is 9.84 Å². The molecule has 1 fully saturated rings. The topological polar surface area (TPSA) is 65.2 Å². The summed E-state index contributed by atoms with van der Waals surface area (Å²) in [5.41, 5.74) is 4.89. The van der Waals surface area contributed by atoms with E-state index in [0.717, 1.165) is 47.8 Å². The van der Waals surface area contributed by atoms with E-state index >= 15 is 4.39 Å². The Labute approximate surface area is 230 Å². The largest absolute Gasteiger partial charge is 0.361 e. The molecular weight excluding hydrogens is 565 g/mol. The van der Waals surface area contributed by atoms with Gasteiger partial charge in [-0.3, -0.25) is 14.4 Å². The normalized spacial score (nSPS) is 17.6. The Morgan fingerprint density at radius 3 is 2.66 bits per heavy atom. The van der Waals surface area contributed by atoms with Crippen molar-refractivity contribution in [2.24, 2.45) is 0 Å². The predicted molar refractivity (Wildman–Crippen MR) is 152 cm³/mol. The van der Waals surface area contributed by atoms with Crippen LogP contribution < -0.4 is 4.90 Å². The standard InChI is InChI=1S/C28H31BrFN5O2Si/c1-17-25-26(32-35(17)19-6-7-19)28(36)34(27(25)21-9-5-18(29)13-22(21)30)20-8-10-24-23(14-20)31-15-33(24)16-37-11-12-38(2,3)4/h5,8-10,13-15,19,27H,6-7,11-12,16H2,1-4H3. The van der Waals surface area contributed by atoms with Gasteiger partial charge in [-0.05, 0) is 56.1 Å². The number of fused-ring (bicyclic) bond motifs is 2. The van der Waals surface area contributed by atoms with E-state index in [1.807, 2.05) is 40.4 Å². The van der Waals surface area contributed by atoms with Crippen LogP contribution in [0.15, 0.2) is 47.2 Å². The van der Waals surface area contributed by atoms with Gasteiger partial charge in [-0.25, -0.2) is 9.37 Å². The van der Waals surface area contributed by atoms with Crippen LogP contribution in [0.4, 0.5) is 10.1 Å². The molecule has 198 valence electrons. The maximum absolute atomic E-state index is 15.4. The van der Waals surface area contributed by atoms with Crippen molar-refractivity contribution < 1.29 is 13.9 Å². The molecule has 1 aliphatic heterocycles. The Bertz CT molecular complexity index is 1550. The zero-order valence-corrected chi connectivity index (χ0v) is 24.6. The summed E-state index contributed by atoms with van der Waals surface area (Å²) in [5.74, 6) is -0.585. The molecule has 7 nitrogen and oxygen atoms in total. The van der Waals surface area contributed by atoms with Crippen molar-refractivity contribution in [3.63, 3.8) is 0 Å². The minimum absolute atomic E-state index is 0.219. The number of hydrogen-bond donors (Lipinski definition) is 0. The monoisotopic (exact) mass is 595 g/mol. The molecule has 3 heterocycles. The number of nitrogens with zero attached hydrogens (tertiary/aromatic N) is 5. The molecule has 1 saturated carbocycles. The van der Waals surface area contributed by atoms with Crippen molar-refractivity contribution in [3.8, 4) is 0 Å². The summed E-state index contributed by atoms with van der Waals surface area (Å²) < 4.78 is 25.9. The third-order valence-corrected chi connectivity index (χ3v) is 9.61. The second-order valence-electron chi connectivity index (χ2n) is 11.5. The van der Waals surface area contributed by atoms with Gasteiger partial charge < -0.3 is 9.30 Å². The zero-order valence-electron chi connectivity index (χ0n) is 22.0. The lowest BCUT2D eigenvalue weighted by atomic mass is 9.98. The van der Waals surface area contributed by atoms with Gasteiger partial charge in [0.2, 0.25) is 0 Å². The van der Waals surface area contributed by atoms with Gasteiger partial charge in [0, 0.05) is 41.7 Å². The highest BCUT2D eigenvalue weighted by Gasteiger charge is 2.45. The van der Waals surface area contributed by atoms with Crippen molar-refractivity contribution in [2.75, 3.05) is 11.5 Å². The molecule has 0 N–H and O–H groups in total. The summed E-state index contributed by atoms with van der Waals surface area (Å²) in [6.45, 7) is 10.1. The first-order chi connectivity index (χ1) is 18.1. The van der Waals surface area contributed by atoms with Crippen LogP contribution in [0.1, 0.15) is 52.2 Å². The minimum Gasteiger partial charge on any atom is -0.361 e. The number of carbonyl (C=O) groups is 1. The average Bonchev–Trinajstić information content (AvgIpc) is 3.44. The Kier molecular flexibility index (Phi) is 6.31. The molecule has 0 saturated heterocycles. The van der Waals surface area contributed by atoms with Gasteiger partial charge in [-0.1, -0.05) is 41.6 Å². The Hall–Kier alpha value is -2.82. The molecule has 10 heteroatoms. The van der Waals surface area contributed by atoms with Crippen molar-refractivity contribution >= 4 is 46.6 Å². The highest BCUT2D eigenvalue weighted by Crippen LogP contribution is 2.46. The molecular formula is C28H31BrFN5O2Si. The van der Waals surface area contributed by atoms with Crippen molar-refractivity contribution in [1.82, 2.24) is 19.3 Å². The summed E-state index contributed by atoms with van der Waals surface area (Å²) in [6.07, 6.45) is 3.87. The zero-order chi connectivity index (χ0) is 26.8. The first-order valence-electron chi connectivity index (χ1n) is 13.0. The Morgan fingerprint density at radius 2 is 1.95 bits per heavy atom. The number of carbonyl (C=O) groups excluding carboxylic acids is 1. The molecule has 2 aromatic carbocycles. The van der Waals surface area contributed by atoms with Crippen LogP contribution in [0, 0.1) is 12.7 Å². The van der Waals surface area contributed by atoms with E-state index < -0.39 is 14.1 Å². The molecule has 2 aliphatic rings. The molecule has 1 amide bonds. The van der Waals surface area contributed by atoms with Gasteiger partial charge >= 0.3 is 0 Å². The number of benzene rings is 2. The van der Waals surface area contributed by atoms with Crippen LogP contribution in [0.2, 0.25) is 25.7 Å². The average molecular weight is 597 g/mol. The Balaban J connectivity index is 1.36. The van der Waals surface area contributed by atoms with E-state index in [1.165, 1.54) is 6.07 Å². The van der Waals surface area contributed by atoms with Gasteiger partial charge in [-0.15, -0.1) is 0 Å². The summed E-state index contributed by atoms with van der Waals surface area (Å²) in [6, 6.07) is 11.6. The summed E-state index contributed by atoms with van der Waals surface area (Å²) in [4.78, 5) is 20.1. The van der Waals surface area contributed by atoms with E-state index in [-0.39, 0.29) is 11.7 Å². The number of amides is 1. The molecule has 6 rings (SSSR count). The molecule has 0 radical (unpaired) electrons. The maximum atomic E-state index is 15.4. The quantitative estimate of drug-likeness (QED) is 0.165. The third-order valence-electron chi connectivity index (χ3n) is 7.41. The molecule has 1 aliphatic carbocycles. The fraction of sp³-hybridized carbons (Fsp3) is 0.393. The lowest BCUT2D eigenvalue weighted by Gasteiger charge is -2.27. The number of halogens is 2. The van der Waals surface area contributed by atoms with Crippen molar-refractivity contribution in [3.05, 3.63) is 75.5 Å². The molecule has 1 unspecified atom stereocenters. The number of aromatic nitrogens is 4. The number of anilines is 1. The van der Waals surface area contributed by atoms with Crippen LogP contribution in [0.25, 0.3) is 11.0 Å². The van der Waals surface area contributed by atoms with Gasteiger partial charge in [0.1, 0.15) is 12.5 Å². The maximum Gasteiger partial charge on any atom is 0.280 e. The molecule has 1 atom stereocenters.